The van der Waals surface area contributed by atoms with Gasteiger partial charge in [-0.05, 0) is 29.7 Å². The molecule has 0 amide bonds. The quantitative estimate of drug-likeness (QED) is 0.309. The van der Waals surface area contributed by atoms with Gasteiger partial charge >= 0.3 is 0 Å². The van der Waals surface area contributed by atoms with E-state index in [0.717, 1.165) is 40.7 Å². The summed E-state index contributed by atoms with van der Waals surface area (Å²) in [6.07, 6.45) is 7.57. The Kier molecular flexibility index (Phi) is 7.08. The average molecular weight is 426 g/mol. The Hall–Kier alpha value is -3.73. The summed E-state index contributed by atoms with van der Waals surface area (Å²) in [7, 11) is 0. The van der Waals surface area contributed by atoms with Crippen molar-refractivity contribution in [2.45, 2.75) is 32.6 Å². The molecular formula is C27H27N3O2. The van der Waals surface area contributed by atoms with Crippen LogP contribution in [0.5, 0.6) is 11.5 Å². The molecular weight excluding hydrogens is 398 g/mol. The summed E-state index contributed by atoms with van der Waals surface area (Å²) in [4.78, 5) is 12.7. The number of hydrogen-bond donors (Lipinski definition) is 1. The van der Waals surface area contributed by atoms with Gasteiger partial charge in [0.25, 0.3) is 0 Å². The second-order valence-electron chi connectivity index (χ2n) is 7.64. The lowest BCUT2D eigenvalue weighted by Gasteiger charge is -2.16. The van der Waals surface area contributed by atoms with Crippen LogP contribution in [-0.2, 0) is 0 Å². The van der Waals surface area contributed by atoms with Crippen LogP contribution >= 0.6 is 0 Å². The Labute approximate surface area is 188 Å². The predicted molar refractivity (Wildman–Crippen MR) is 127 cm³/mol. The molecule has 5 heteroatoms. The fraction of sp³-hybridized carbons (Fsp3) is 0.222. The normalized spacial score (nSPS) is 10.8. The van der Waals surface area contributed by atoms with Gasteiger partial charge in [-0.15, -0.1) is 0 Å². The molecule has 1 N–H and O–H groups in total. The van der Waals surface area contributed by atoms with Crippen LogP contribution in [0, 0.1) is 0 Å². The summed E-state index contributed by atoms with van der Waals surface area (Å²) >= 11 is 0. The van der Waals surface area contributed by atoms with Gasteiger partial charge in [0.2, 0.25) is 0 Å². The van der Waals surface area contributed by atoms with Crippen LogP contribution in [0.2, 0.25) is 0 Å². The maximum absolute atomic E-state index is 10.9. The summed E-state index contributed by atoms with van der Waals surface area (Å²) < 4.78 is 5.85. The summed E-state index contributed by atoms with van der Waals surface area (Å²) in [5, 5.41) is 10.9. The van der Waals surface area contributed by atoms with E-state index in [1.54, 1.807) is 6.07 Å². The number of rotatable bonds is 9. The molecule has 0 aliphatic carbocycles. The smallest absolute Gasteiger partial charge is 0.163 e. The zero-order chi connectivity index (χ0) is 22.2. The van der Waals surface area contributed by atoms with Crippen molar-refractivity contribution in [3.8, 4) is 45.1 Å². The van der Waals surface area contributed by atoms with Crippen LogP contribution in [-0.4, -0.2) is 26.7 Å². The number of ether oxygens (including phenoxy) is 1. The van der Waals surface area contributed by atoms with Gasteiger partial charge in [-0.25, -0.2) is 15.0 Å². The number of hydrogen-bond acceptors (Lipinski definition) is 5. The van der Waals surface area contributed by atoms with Crippen molar-refractivity contribution >= 4 is 0 Å². The molecule has 0 atom stereocenters. The molecule has 0 aliphatic heterocycles. The van der Waals surface area contributed by atoms with Gasteiger partial charge in [-0.3, -0.25) is 0 Å². The molecule has 0 saturated carbocycles. The van der Waals surface area contributed by atoms with Gasteiger partial charge in [0.15, 0.2) is 5.82 Å². The van der Waals surface area contributed by atoms with Crippen LogP contribution in [0.3, 0.4) is 0 Å². The Bertz CT molecular complexity index is 1150. The highest BCUT2D eigenvalue weighted by atomic mass is 16.5. The Morgan fingerprint density at radius 2 is 1.56 bits per heavy atom. The van der Waals surface area contributed by atoms with Crippen LogP contribution in [0.4, 0.5) is 0 Å². The van der Waals surface area contributed by atoms with Gasteiger partial charge in [-0.2, -0.15) is 0 Å². The molecule has 4 rings (SSSR count). The average Bonchev–Trinajstić information content (AvgIpc) is 2.85. The molecule has 1 heterocycles. The minimum atomic E-state index is 0.182. The lowest BCUT2D eigenvalue weighted by atomic mass is 9.89. The number of benzene rings is 3. The highest BCUT2D eigenvalue weighted by Gasteiger charge is 2.17. The molecule has 0 fully saturated rings. The molecule has 0 unspecified atom stereocenters. The summed E-state index contributed by atoms with van der Waals surface area (Å²) in [6.45, 7) is 2.85. The van der Waals surface area contributed by atoms with Crippen molar-refractivity contribution in [1.82, 2.24) is 15.0 Å². The van der Waals surface area contributed by atoms with Crippen molar-refractivity contribution < 1.29 is 9.84 Å². The van der Waals surface area contributed by atoms with Gasteiger partial charge in [0.05, 0.1) is 6.61 Å². The summed E-state index contributed by atoms with van der Waals surface area (Å²) in [6, 6.07) is 21.6. The molecule has 0 bridgehead atoms. The number of unbranched alkanes of at least 4 members (excludes halogenated alkanes) is 3. The number of phenols is 1. The number of aromatic hydroxyl groups is 1. The highest BCUT2D eigenvalue weighted by molar-refractivity contribution is 5.94. The largest absolute Gasteiger partial charge is 0.507 e. The molecule has 162 valence electrons. The summed E-state index contributed by atoms with van der Waals surface area (Å²) in [5.41, 5.74) is 4.50. The minimum absolute atomic E-state index is 0.182. The van der Waals surface area contributed by atoms with E-state index in [2.05, 4.69) is 21.9 Å². The van der Waals surface area contributed by atoms with Crippen molar-refractivity contribution in [1.29, 1.82) is 0 Å². The SMILES string of the molecule is CCCCCCOc1ccc(-c2cccc(-c3ncncn3)c2-c2ccccc2)c(O)c1. The molecule has 3 aromatic carbocycles. The molecule has 0 aliphatic rings. The lowest BCUT2D eigenvalue weighted by molar-refractivity contribution is 0.303. The maximum Gasteiger partial charge on any atom is 0.163 e. The zero-order valence-corrected chi connectivity index (χ0v) is 18.2. The fourth-order valence-corrected chi connectivity index (χ4v) is 3.81. The minimum Gasteiger partial charge on any atom is -0.507 e. The van der Waals surface area contributed by atoms with E-state index in [4.69, 9.17) is 4.74 Å². The van der Waals surface area contributed by atoms with Crippen molar-refractivity contribution in [2.24, 2.45) is 0 Å². The van der Waals surface area contributed by atoms with Gasteiger partial charge in [0, 0.05) is 22.8 Å². The van der Waals surface area contributed by atoms with Crippen molar-refractivity contribution in [2.75, 3.05) is 6.61 Å². The second-order valence-corrected chi connectivity index (χ2v) is 7.64. The Balaban J connectivity index is 1.72. The van der Waals surface area contributed by atoms with E-state index >= 15 is 0 Å². The first-order valence-corrected chi connectivity index (χ1v) is 11.0. The monoisotopic (exact) mass is 425 g/mol. The van der Waals surface area contributed by atoms with E-state index in [0.29, 0.717) is 18.2 Å². The molecule has 0 saturated heterocycles. The van der Waals surface area contributed by atoms with E-state index in [-0.39, 0.29) is 5.75 Å². The third-order valence-electron chi connectivity index (χ3n) is 5.39. The van der Waals surface area contributed by atoms with Gasteiger partial charge in [-0.1, -0.05) is 74.7 Å². The molecule has 0 spiro atoms. The Morgan fingerprint density at radius 3 is 2.31 bits per heavy atom. The third-order valence-corrected chi connectivity index (χ3v) is 5.39. The van der Waals surface area contributed by atoms with Crippen LogP contribution in [0.25, 0.3) is 33.6 Å². The maximum atomic E-state index is 10.9. The van der Waals surface area contributed by atoms with Crippen molar-refractivity contribution in [3.05, 3.63) is 79.4 Å². The van der Waals surface area contributed by atoms with Crippen LogP contribution in [0.1, 0.15) is 32.6 Å². The molecule has 32 heavy (non-hydrogen) atoms. The van der Waals surface area contributed by atoms with Crippen molar-refractivity contribution in [3.63, 3.8) is 0 Å². The second kappa shape index (κ2) is 10.5. The molecule has 1 aromatic heterocycles. The number of phenolic OH excluding ortho intramolecular Hbond substituents is 1. The highest BCUT2D eigenvalue weighted by Crippen LogP contribution is 2.42. The standard InChI is InChI=1S/C27H27N3O2/c1-2-3-4-8-16-32-21-14-15-22(25(31)17-21)23-12-9-13-24(27-29-18-28-19-30-27)26(23)20-10-6-5-7-11-20/h5-7,9-15,17-19,31H,2-4,8,16H2,1H3. The van der Waals surface area contributed by atoms with Gasteiger partial charge in [0.1, 0.15) is 24.2 Å². The van der Waals surface area contributed by atoms with E-state index in [1.165, 1.54) is 25.5 Å². The first-order chi connectivity index (χ1) is 15.8. The van der Waals surface area contributed by atoms with Gasteiger partial charge < -0.3 is 9.84 Å². The topological polar surface area (TPSA) is 68.1 Å². The fourth-order valence-electron chi connectivity index (χ4n) is 3.81. The Morgan fingerprint density at radius 1 is 0.781 bits per heavy atom. The molecule has 4 aromatic rings. The molecule has 5 nitrogen and oxygen atoms in total. The van der Waals surface area contributed by atoms with E-state index in [9.17, 15) is 5.11 Å². The first-order valence-electron chi connectivity index (χ1n) is 11.0. The zero-order valence-electron chi connectivity index (χ0n) is 18.2. The third kappa shape index (κ3) is 4.94. The summed E-state index contributed by atoms with van der Waals surface area (Å²) in [5.74, 6) is 1.45. The number of nitrogens with zero attached hydrogens (tertiary/aromatic N) is 3. The van der Waals surface area contributed by atoms with E-state index in [1.807, 2.05) is 60.7 Å². The first kappa shape index (κ1) is 21.5. The van der Waals surface area contributed by atoms with E-state index < -0.39 is 0 Å². The number of aromatic nitrogens is 3. The molecule has 0 radical (unpaired) electrons. The van der Waals surface area contributed by atoms with Crippen LogP contribution < -0.4 is 4.74 Å². The predicted octanol–water partition coefficient (Wildman–Crippen LogP) is 6.54. The lowest BCUT2D eigenvalue weighted by Crippen LogP contribution is -1.98. The van der Waals surface area contributed by atoms with Crippen LogP contribution in [0.15, 0.2) is 79.4 Å².